The van der Waals surface area contributed by atoms with Gasteiger partial charge in [0.2, 0.25) is 0 Å². The SMILES string of the molecule is CC(C)(C)OC(=O)OC1CC2CC=CC2N1. The molecule has 1 N–H and O–H groups in total. The maximum atomic E-state index is 11.4. The van der Waals surface area contributed by atoms with Gasteiger partial charge in [0.15, 0.2) is 6.23 Å². The number of carbonyl (C=O) groups excluding carboxylic acids is 1. The molecule has 1 heterocycles. The van der Waals surface area contributed by atoms with E-state index in [0.29, 0.717) is 12.0 Å². The third-order valence-electron chi connectivity index (χ3n) is 2.81. The van der Waals surface area contributed by atoms with E-state index in [2.05, 4.69) is 17.5 Å². The molecule has 4 nitrogen and oxygen atoms in total. The summed E-state index contributed by atoms with van der Waals surface area (Å²) in [5, 5.41) is 3.26. The molecule has 3 atom stereocenters. The van der Waals surface area contributed by atoms with E-state index >= 15 is 0 Å². The Labute approximate surface area is 96.0 Å². The first kappa shape index (κ1) is 11.5. The van der Waals surface area contributed by atoms with Crippen LogP contribution in [0.4, 0.5) is 4.79 Å². The van der Waals surface area contributed by atoms with Gasteiger partial charge < -0.3 is 9.47 Å². The van der Waals surface area contributed by atoms with Gasteiger partial charge in [-0.15, -0.1) is 0 Å². The fraction of sp³-hybridized carbons (Fsp3) is 0.750. The van der Waals surface area contributed by atoms with Crippen molar-refractivity contribution < 1.29 is 14.3 Å². The molecular formula is C12H19NO3. The van der Waals surface area contributed by atoms with E-state index in [1.165, 1.54) is 0 Å². The van der Waals surface area contributed by atoms with Gasteiger partial charge in [-0.2, -0.15) is 0 Å². The fourth-order valence-corrected chi connectivity index (χ4v) is 2.17. The molecule has 0 saturated carbocycles. The number of carbonyl (C=O) groups is 1. The first-order valence-corrected chi connectivity index (χ1v) is 5.76. The first-order valence-electron chi connectivity index (χ1n) is 5.76. The van der Waals surface area contributed by atoms with Crippen molar-refractivity contribution in [2.24, 2.45) is 5.92 Å². The number of rotatable bonds is 1. The van der Waals surface area contributed by atoms with E-state index in [9.17, 15) is 4.79 Å². The number of hydrogen-bond donors (Lipinski definition) is 1. The van der Waals surface area contributed by atoms with Gasteiger partial charge in [0.1, 0.15) is 5.60 Å². The molecule has 1 aliphatic heterocycles. The summed E-state index contributed by atoms with van der Waals surface area (Å²) in [4.78, 5) is 11.4. The summed E-state index contributed by atoms with van der Waals surface area (Å²) >= 11 is 0. The average Bonchev–Trinajstić information content (AvgIpc) is 2.58. The van der Waals surface area contributed by atoms with E-state index in [1.807, 2.05) is 20.8 Å². The molecular weight excluding hydrogens is 206 g/mol. The van der Waals surface area contributed by atoms with Crippen molar-refractivity contribution in [3.05, 3.63) is 12.2 Å². The van der Waals surface area contributed by atoms with Crippen molar-refractivity contribution >= 4 is 6.16 Å². The van der Waals surface area contributed by atoms with Crippen molar-refractivity contribution in [2.45, 2.75) is 51.5 Å². The van der Waals surface area contributed by atoms with Crippen LogP contribution >= 0.6 is 0 Å². The van der Waals surface area contributed by atoms with Crippen LogP contribution < -0.4 is 5.32 Å². The van der Waals surface area contributed by atoms with E-state index < -0.39 is 11.8 Å². The van der Waals surface area contributed by atoms with Gasteiger partial charge in [0.05, 0.1) is 0 Å². The Hall–Kier alpha value is -1.03. The van der Waals surface area contributed by atoms with E-state index in [-0.39, 0.29) is 6.23 Å². The molecule has 0 bridgehead atoms. The molecule has 0 spiro atoms. The lowest BCUT2D eigenvalue weighted by molar-refractivity contribution is -0.0306. The van der Waals surface area contributed by atoms with Crippen molar-refractivity contribution in [2.75, 3.05) is 0 Å². The van der Waals surface area contributed by atoms with Gasteiger partial charge in [-0.1, -0.05) is 12.2 Å². The highest BCUT2D eigenvalue weighted by Crippen LogP contribution is 2.30. The minimum absolute atomic E-state index is 0.199. The zero-order chi connectivity index (χ0) is 11.8. The maximum absolute atomic E-state index is 11.4. The molecule has 1 saturated heterocycles. The number of nitrogens with one attached hydrogen (secondary N) is 1. The van der Waals surface area contributed by atoms with E-state index in [1.54, 1.807) is 0 Å². The zero-order valence-corrected chi connectivity index (χ0v) is 10.0. The normalized spacial score (nSPS) is 32.6. The number of fused-ring (bicyclic) bond motifs is 1. The van der Waals surface area contributed by atoms with Crippen LogP contribution in [0.2, 0.25) is 0 Å². The zero-order valence-electron chi connectivity index (χ0n) is 10.0. The van der Waals surface area contributed by atoms with Gasteiger partial charge in [-0.05, 0) is 33.1 Å². The molecule has 1 aliphatic carbocycles. The van der Waals surface area contributed by atoms with E-state index in [4.69, 9.17) is 9.47 Å². The van der Waals surface area contributed by atoms with Crippen LogP contribution in [0.25, 0.3) is 0 Å². The summed E-state index contributed by atoms with van der Waals surface area (Å²) in [5.74, 6) is 0.576. The van der Waals surface area contributed by atoms with Gasteiger partial charge in [-0.25, -0.2) is 4.79 Å². The minimum atomic E-state index is -0.589. The van der Waals surface area contributed by atoms with Crippen LogP contribution in [0.5, 0.6) is 0 Å². The Balaban J connectivity index is 1.79. The van der Waals surface area contributed by atoms with Gasteiger partial charge in [0, 0.05) is 12.5 Å². The largest absolute Gasteiger partial charge is 0.510 e. The van der Waals surface area contributed by atoms with Gasteiger partial charge in [0.25, 0.3) is 0 Å². The van der Waals surface area contributed by atoms with Crippen molar-refractivity contribution in [1.29, 1.82) is 0 Å². The molecule has 3 unspecified atom stereocenters. The van der Waals surface area contributed by atoms with E-state index in [0.717, 1.165) is 12.8 Å². The average molecular weight is 225 g/mol. The molecule has 0 aromatic heterocycles. The Morgan fingerprint density at radius 3 is 2.81 bits per heavy atom. The second-order valence-electron chi connectivity index (χ2n) is 5.42. The summed E-state index contributed by atoms with van der Waals surface area (Å²) in [7, 11) is 0. The van der Waals surface area contributed by atoms with Crippen LogP contribution in [-0.4, -0.2) is 24.0 Å². The van der Waals surface area contributed by atoms with Crippen molar-refractivity contribution in [1.82, 2.24) is 5.32 Å². The Bertz CT molecular complexity index is 306. The molecule has 0 radical (unpaired) electrons. The van der Waals surface area contributed by atoms with Crippen LogP contribution in [0, 0.1) is 5.92 Å². The lowest BCUT2D eigenvalue weighted by atomic mass is 10.0. The van der Waals surface area contributed by atoms with Crippen LogP contribution in [0.3, 0.4) is 0 Å². The molecule has 16 heavy (non-hydrogen) atoms. The topological polar surface area (TPSA) is 47.6 Å². The highest BCUT2D eigenvalue weighted by Gasteiger charge is 2.36. The molecule has 90 valence electrons. The van der Waals surface area contributed by atoms with Crippen LogP contribution in [0.15, 0.2) is 12.2 Å². The summed E-state index contributed by atoms with van der Waals surface area (Å²) in [6.07, 6.45) is 5.47. The third-order valence-corrected chi connectivity index (χ3v) is 2.81. The monoisotopic (exact) mass is 225 g/mol. The molecule has 1 fully saturated rings. The third kappa shape index (κ3) is 2.76. The predicted molar refractivity (Wildman–Crippen MR) is 59.9 cm³/mol. The fourth-order valence-electron chi connectivity index (χ4n) is 2.17. The lowest BCUT2D eigenvalue weighted by Crippen LogP contribution is -2.34. The quantitative estimate of drug-likeness (QED) is 0.549. The standard InChI is InChI=1S/C12H19NO3/c1-12(2,3)16-11(14)15-10-7-8-5-4-6-9(8)13-10/h4,6,8-10,13H,5,7H2,1-3H3. The summed E-state index contributed by atoms with van der Waals surface area (Å²) in [5.41, 5.74) is -0.495. The minimum Gasteiger partial charge on any atom is -0.429 e. The van der Waals surface area contributed by atoms with Crippen LogP contribution in [0.1, 0.15) is 33.6 Å². The summed E-state index contributed by atoms with van der Waals surface area (Å²) in [6.45, 7) is 5.48. The smallest absolute Gasteiger partial charge is 0.429 e. The van der Waals surface area contributed by atoms with Crippen LogP contribution in [-0.2, 0) is 9.47 Å². The molecule has 0 amide bonds. The molecule has 4 heteroatoms. The molecule has 0 aromatic rings. The highest BCUT2D eigenvalue weighted by molar-refractivity contribution is 5.60. The van der Waals surface area contributed by atoms with Gasteiger partial charge in [-0.3, -0.25) is 5.32 Å². The summed E-state index contributed by atoms with van der Waals surface area (Å²) < 4.78 is 10.3. The summed E-state index contributed by atoms with van der Waals surface area (Å²) in [6, 6.07) is 0.368. The second-order valence-corrected chi connectivity index (χ2v) is 5.42. The number of allylic oxidation sites excluding steroid dienone is 1. The second kappa shape index (κ2) is 4.09. The highest BCUT2D eigenvalue weighted by atomic mass is 16.7. The lowest BCUT2D eigenvalue weighted by Gasteiger charge is -2.21. The van der Waals surface area contributed by atoms with Gasteiger partial charge >= 0.3 is 6.16 Å². The molecule has 2 aliphatic rings. The van der Waals surface area contributed by atoms with Crippen molar-refractivity contribution in [3.8, 4) is 0 Å². The number of ether oxygens (including phenoxy) is 2. The molecule has 0 aromatic carbocycles. The first-order chi connectivity index (χ1) is 7.44. The Kier molecular flexibility index (Phi) is 2.93. The Morgan fingerprint density at radius 2 is 2.19 bits per heavy atom. The maximum Gasteiger partial charge on any atom is 0.510 e. The predicted octanol–water partition coefficient (Wildman–Crippen LogP) is 2.20. The Morgan fingerprint density at radius 1 is 1.44 bits per heavy atom. The number of hydrogen-bond acceptors (Lipinski definition) is 4. The molecule has 2 rings (SSSR count). The van der Waals surface area contributed by atoms with Crippen molar-refractivity contribution in [3.63, 3.8) is 0 Å².